The fourth-order valence-corrected chi connectivity index (χ4v) is 5.48. The topological polar surface area (TPSA) is 168 Å². The summed E-state index contributed by atoms with van der Waals surface area (Å²) >= 11 is 0. The average molecular weight is 609 g/mol. The summed E-state index contributed by atoms with van der Waals surface area (Å²) in [5.74, 6) is -1.51. The standard InChI is InChI=1S/C35H40N6O4/c36-17-9-8-16-31(35(44)45-22-23-10-2-1-3-11-23)40-34(43)32(19-25-21-39-30-15-7-5-13-27(25)30)41-33(42)28(37)18-24-20-38-29-14-6-4-12-26(24)29/h1-7,10-15,20-21,28,31-32,38-39H,8-9,16-19,22,36-37H2,(H,40,43)(H,41,42)/t28-,31-,32-/m0/s1. The third-order valence-corrected chi connectivity index (χ3v) is 7.96. The minimum Gasteiger partial charge on any atom is -0.459 e. The molecule has 0 fully saturated rings. The minimum atomic E-state index is -0.996. The van der Waals surface area contributed by atoms with E-state index in [-0.39, 0.29) is 19.4 Å². The molecular weight excluding hydrogens is 568 g/mol. The van der Waals surface area contributed by atoms with E-state index >= 15 is 0 Å². The molecule has 0 aliphatic heterocycles. The fourth-order valence-electron chi connectivity index (χ4n) is 5.48. The largest absolute Gasteiger partial charge is 0.459 e. The molecule has 2 amide bonds. The average Bonchev–Trinajstić information content (AvgIpc) is 3.67. The van der Waals surface area contributed by atoms with Crippen LogP contribution in [0.4, 0.5) is 0 Å². The van der Waals surface area contributed by atoms with Crippen LogP contribution in [0.2, 0.25) is 0 Å². The van der Waals surface area contributed by atoms with Crippen molar-refractivity contribution in [3.63, 3.8) is 0 Å². The van der Waals surface area contributed by atoms with Crippen LogP contribution in [0.25, 0.3) is 21.8 Å². The summed E-state index contributed by atoms with van der Waals surface area (Å²) in [4.78, 5) is 46.9. The fraction of sp³-hybridized carbons (Fsp3) is 0.286. The van der Waals surface area contributed by atoms with Crippen molar-refractivity contribution in [3.05, 3.63) is 108 Å². The molecule has 0 saturated carbocycles. The number of esters is 1. The quantitative estimate of drug-likeness (QED) is 0.0784. The van der Waals surface area contributed by atoms with Gasteiger partial charge < -0.3 is 36.8 Å². The molecule has 0 spiro atoms. The number of para-hydroxylation sites is 2. The first kappa shape index (κ1) is 31.5. The van der Waals surface area contributed by atoms with Crippen LogP contribution in [0.15, 0.2) is 91.3 Å². The van der Waals surface area contributed by atoms with E-state index in [0.29, 0.717) is 25.8 Å². The molecule has 2 heterocycles. The Labute approximate surface area is 261 Å². The summed E-state index contributed by atoms with van der Waals surface area (Å²) < 4.78 is 5.58. The number of unbranched alkanes of at least 4 members (excludes halogenated alkanes) is 1. The summed E-state index contributed by atoms with van der Waals surface area (Å²) in [6.45, 7) is 0.550. The summed E-state index contributed by atoms with van der Waals surface area (Å²) in [6, 6.07) is 22.1. The number of benzene rings is 3. The number of aromatic nitrogens is 2. The zero-order valence-corrected chi connectivity index (χ0v) is 25.1. The van der Waals surface area contributed by atoms with Crippen molar-refractivity contribution in [3.8, 4) is 0 Å². The number of nitrogens with two attached hydrogens (primary N) is 2. The van der Waals surface area contributed by atoms with Crippen LogP contribution in [0.1, 0.15) is 36.0 Å². The van der Waals surface area contributed by atoms with Crippen molar-refractivity contribution >= 4 is 39.6 Å². The summed E-state index contributed by atoms with van der Waals surface area (Å²) in [5, 5.41) is 7.67. The van der Waals surface area contributed by atoms with E-state index < -0.39 is 35.9 Å². The Morgan fingerprint density at radius 2 is 1.29 bits per heavy atom. The highest BCUT2D eigenvalue weighted by Gasteiger charge is 2.30. The van der Waals surface area contributed by atoms with Crippen LogP contribution in [-0.2, 0) is 38.6 Å². The van der Waals surface area contributed by atoms with Crippen LogP contribution in [0.3, 0.4) is 0 Å². The molecule has 0 unspecified atom stereocenters. The van der Waals surface area contributed by atoms with E-state index in [1.165, 1.54) is 0 Å². The van der Waals surface area contributed by atoms with E-state index in [1.807, 2.05) is 91.3 Å². The molecule has 3 aromatic carbocycles. The van der Waals surface area contributed by atoms with E-state index in [2.05, 4.69) is 20.6 Å². The Morgan fingerprint density at radius 3 is 1.93 bits per heavy atom. The lowest BCUT2D eigenvalue weighted by Gasteiger charge is -2.24. The molecule has 0 saturated heterocycles. The zero-order chi connectivity index (χ0) is 31.6. The Bertz CT molecular complexity index is 1730. The van der Waals surface area contributed by atoms with Crippen molar-refractivity contribution in [1.82, 2.24) is 20.6 Å². The number of fused-ring (bicyclic) bond motifs is 2. The lowest BCUT2D eigenvalue weighted by molar-refractivity contribution is -0.149. The smallest absolute Gasteiger partial charge is 0.328 e. The van der Waals surface area contributed by atoms with Crippen LogP contribution in [-0.4, -0.2) is 52.4 Å². The normalized spacial score (nSPS) is 13.3. The Morgan fingerprint density at radius 1 is 0.711 bits per heavy atom. The number of amides is 2. The highest BCUT2D eigenvalue weighted by molar-refractivity contribution is 5.93. The van der Waals surface area contributed by atoms with Gasteiger partial charge in [0.15, 0.2) is 0 Å². The predicted octanol–water partition coefficient (Wildman–Crippen LogP) is 3.60. The maximum Gasteiger partial charge on any atom is 0.328 e. The Hall–Kier alpha value is -4.93. The lowest BCUT2D eigenvalue weighted by atomic mass is 10.0. The Kier molecular flexibility index (Phi) is 10.6. The molecule has 0 aliphatic rings. The SMILES string of the molecule is NCCCC[C@H](NC(=O)[C@H](Cc1c[nH]c2ccccc12)NC(=O)[C@@H](N)Cc1c[nH]c2ccccc12)C(=O)OCc1ccccc1. The predicted molar refractivity (Wildman–Crippen MR) is 175 cm³/mol. The monoisotopic (exact) mass is 608 g/mol. The van der Waals surface area contributed by atoms with Gasteiger partial charge in [0.1, 0.15) is 18.7 Å². The van der Waals surface area contributed by atoms with Crippen LogP contribution in [0.5, 0.6) is 0 Å². The van der Waals surface area contributed by atoms with Gasteiger partial charge in [0, 0.05) is 40.6 Å². The second-order valence-electron chi connectivity index (χ2n) is 11.2. The second kappa shape index (κ2) is 15.2. The molecule has 45 heavy (non-hydrogen) atoms. The molecule has 8 N–H and O–H groups in total. The van der Waals surface area contributed by atoms with E-state index in [4.69, 9.17) is 16.2 Å². The van der Waals surface area contributed by atoms with Gasteiger partial charge in [0.25, 0.3) is 0 Å². The molecule has 2 aromatic heterocycles. The maximum atomic E-state index is 13.9. The van der Waals surface area contributed by atoms with Gasteiger partial charge in [-0.15, -0.1) is 0 Å². The van der Waals surface area contributed by atoms with Gasteiger partial charge in [0.2, 0.25) is 11.8 Å². The molecule has 5 aromatic rings. The van der Waals surface area contributed by atoms with Gasteiger partial charge in [-0.2, -0.15) is 0 Å². The lowest BCUT2D eigenvalue weighted by Crippen LogP contribution is -2.55. The van der Waals surface area contributed by atoms with Gasteiger partial charge in [-0.25, -0.2) is 4.79 Å². The molecular formula is C35H40N6O4. The first-order valence-corrected chi connectivity index (χ1v) is 15.3. The Balaban J connectivity index is 1.32. The van der Waals surface area contributed by atoms with Crippen molar-refractivity contribution in [2.75, 3.05) is 6.54 Å². The number of H-pyrrole nitrogens is 2. The van der Waals surface area contributed by atoms with Crippen LogP contribution < -0.4 is 22.1 Å². The van der Waals surface area contributed by atoms with Gasteiger partial charge in [-0.3, -0.25) is 9.59 Å². The molecule has 0 radical (unpaired) electrons. The van der Waals surface area contributed by atoms with Gasteiger partial charge in [-0.1, -0.05) is 66.7 Å². The number of hydrogen-bond acceptors (Lipinski definition) is 6. The highest BCUT2D eigenvalue weighted by Crippen LogP contribution is 2.21. The van der Waals surface area contributed by atoms with Gasteiger partial charge in [0.05, 0.1) is 6.04 Å². The first-order chi connectivity index (χ1) is 21.9. The molecule has 0 bridgehead atoms. The van der Waals surface area contributed by atoms with E-state index in [9.17, 15) is 14.4 Å². The number of rotatable bonds is 15. The number of hydrogen-bond donors (Lipinski definition) is 6. The number of nitrogens with one attached hydrogen (secondary N) is 4. The van der Waals surface area contributed by atoms with Crippen molar-refractivity contribution in [2.45, 2.75) is 56.8 Å². The maximum absolute atomic E-state index is 13.9. The third kappa shape index (κ3) is 8.17. The third-order valence-electron chi connectivity index (χ3n) is 7.96. The van der Waals surface area contributed by atoms with Crippen LogP contribution in [0, 0.1) is 0 Å². The molecule has 5 rings (SSSR count). The van der Waals surface area contributed by atoms with Crippen molar-refractivity contribution in [1.29, 1.82) is 0 Å². The number of ether oxygens (including phenoxy) is 1. The van der Waals surface area contributed by atoms with E-state index in [0.717, 1.165) is 38.5 Å². The molecule has 10 nitrogen and oxygen atoms in total. The van der Waals surface area contributed by atoms with Gasteiger partial charge >= 0.3 is 5.97 Å². The zero-order valence-electron chi connectivity index (χ0n) is 25.1. The molecule has 10 heteroatoms. The van der Waals surface area contributed by atoms with Crippen molar-refractivity contribution < 1.29 is 19.1 Å². The molecule has 3 atom stereocenters. The molecule has 234 valence electrons. The summed E-state index contributed by atoms with van der Waals surface area (Å²) in [5.41, 5.74) is 16.5. The number of aromatic amines is 2. The number of carbonyl (C=O) groups is 3. The van der Waals surface area contributed by atoms with Gasteiger partial charge in [-0.05, 0) is 61.1 Å². The summed E-state index contributed by atoms with van der Waals surface area (Å²) in [6.07, 6.45) is 5.81. The minimum absolute atomic E-state index is 0.0845. The second-order valence-corrected chi connectivity index (χ2v) is 11.2. The van der Waals surface area contributed by atoms with Crippen LogP contribution >= 0.6 is 0 Å². The number of carbonyl (C=O) groups excluding carboxylic acids is 3. The summed E-state index contributed by atoms with van der Waals surface area (Å²) in [7, 11) is 0. The highest BCUT2D eigenvalue weighted by atomic mass is 16.5. The molecule has 0 aliphatic carbocycles. The van der Waals surface area contributed by atoms with Crippen molar-refractivity contribution in [2.24, 2.45) is 11.5 Å². The van der Waals surface area contributed by atoms with E-state index in [1.54, 1.807) is 0 Å². The first-order valence-electron chi connectivity index (χ1n) is 15.3.